The van der Waals surface area contributed by atoms with Gasteiger partial charge in [0.25, 0.3) is 0 Å². The summed E-state index contributed by atoms with van der Waals surface area (Å²) >= 11 is 1.73. The molecule has 8 heteroatoms. The van der Waals surface area contributed by atoms with Crippen molar-refractivity contribution in [2.24, 2.45) is 0 Å². The van der Waals surface area contributed by atoms with Gasteiger partial charge in [0.05, 0.1) is 25.8 Å². The fourth-order valence-corrected chi connectivity index (χ4v) is 3.50. The average Bonchev–Trinajstić information content (AvgIpc) is 3.28. The molecule has 1 saturated heterocycles. The Labute approximate surface area is 139 Å². The Hall–Kier alpha value is -1.77. The number of nitrogens with zero attached hydrogens (tertiary/aromatic N) is 4. The summed E-state index contributed by atoms with van der Waals surface area (Å²) < 4.78 is 7.10. The molecule has 0 saturated carbocycles. The molecule has 1 aliphatic heterocycles. The first-order chi connectivity index (χ1) is 11.3. The van der Waals surface area contributed by atoms with Crippen LogP contribution in [0.2, 0.25) is 0 Å². The Balaban J connectivity index is 1.52. The van der Waals surface area contributed by atoms with Crippen molar-refractivity contribution in [3.8, 4) is 0 Å². The smallest absolute Gasteiger partial charge is 0.221 e. The number of rotatable bonds is 7. The van der Waals surface area contributed by atoms with Gasteiger partial charge in [0, 0.05) is 30.9 Å². The number of hydrogen-bond donors (Lipinski definition) is 1. The van der Waals surface area contributed by atoms with Crippen LogP contribution in [0.4, 0.5) is 0 Å². The van der Waals surface area contributed by atoms with Gasteiger partial charge in [-0.2, -0.15) is 5.10 Å². The van der Waals surface area contributed by atoms with Gasteiger partial charge in [0.15, 0.2) is 0 Å². The number of ether oxygens (including phenoxy) is 1. The lowest BCUT2D eigenvalue weighted by Gasteiger charge is -2.34. The van der Waals surface area contributed by atoms with Crippen LogP contribution >= 0.6 is 11.3 Å². The van der Waals surface area contributed by atoms with Gasteiger partial charge in [-0.25, -0.2) is 4.98 Å². The maximum Gasteiger partial charge on any atom is 0.221 e. The summed E-state index contributed by atoms with van der Waals surface area (Å²) in [6.07, 6.45) is 3.50. The van der Waals surface area contributed by atoms with Crippen LogP contribution in [-0.2, 0) is 16.1 Å². The molecule has 1 unspecified atom stereocenters. The van der Waals surface area contributed by atoms with E-state index >= 15 is 0 Å². The molecule has 1 atom stereocenters. The van der Waals surface area contributed by atoms with Crippen molar-refractivity contribution >= 4 is 17.2 Å². The third-order valence-corrected chi connectivity index (χ3v) is 4.86. The summed E-state index contributed by atoms with van der Waals surface area (Å²) in [7, 11) is 0. The van der Waals surface area contributed by atoms with Gasteiger partial charge in [-0.15, -0.1) is 11.3 Å². The van der Waals surface area contributed by atoms with Crippen molar-refractivity contribution < 1.29 is 9.53 Å². The maximum absolute atomic E-state index is 12.1. The molecule has 23 heavy (non-hydrogen) atoms. The molecule has 0 aromatic carbocycles. The van der Waals surface area contributed by atoms with Crippen molar-refractivity contribution in [2.75, 3.05) is 32.8 Å². The first-order valence-electron chi connectivity index (χ1n) is 7.77. The van der Waals surface area contributed by atoms with Gasteiger partial charge in [-0.3, -0.25) is 14.4 Å². The third kappa shape index (κ3) is 4.60. The molecule has 0 bridgehead atoms. The lowest BCUT2D eigenvalue weighted by atomic mass is 10.2. The van der Waals surface area contributed by atoms with Crippen molar-refractivity contribution in [3.05, 3.63) is 35.0 Å². The number of hydrogen-bond acceptors (Lipinski definition) is 6. The van der Waals surface area contributed by atoms with Gasteiger partial charge in [0.1, 0.15) is 12.7 Å². The highest BCUT2D eigenvalue weighted by molar-refractivity contribution is 7.10. The van der Waals surface area contributed by atoms with Crippen LogP contribution in [0.25, 0.3) is 0 Å². The van der Waals surface area contributed by atoms with E-state index in [9.17, 15) is 4.79 Å². The van der Waals surface area contributed by atoms with E-state index < -0.39 is 0 Å². The molecule has 0 radical (unpaired) electrons. The van der Waals surface area contributed by atoms with Gasteiger partial charge < -0.3 is 10.1 Å². The summed E-state index contributed by atoms with van der Waals surface area (Å²) in [4.78, 5) is 19.6. The van der Waals surface area contributed by atoms with E-state index in [0.29, 0.717) is 19.5 Å². The molecule has 124 valence electrons. The normalized spacial score (nSPS) is 17.0. The fourth-order valence-electron chi connectivity index (χ4n) is 2.64. The second kappa shape index (κ2) is 8.19. The van der Waals surface area contributed by atoms with E-state index in [0.717, 1.165) is 26.3 Å². The second-order valence-electron chi connectivity index (χ2n) is 5.39. The number of morpholine rings is 1. The van der Waals surface area contributed by atoms with E-state index in [2.05, 4.69) is 37.8 Å². The molecule has 0 aliphatic carbocycles. The van der Waals surface area contributed by atoms with Crippen molar-refractivity contribution in [1.82, 2.24) is 25.0 Å². The van der Waals surface area contributed by atoms with Crippen molar-refractivity contribution in [2.45, 2.75) is 19.0 Å². The molecular formula is C15H21N5O2S. The summed E-state index contributed by atoms with van der Waals surface area (Å²) in [5.74, 6) is 0.0373. The van der Waals surface area contributed by atoms with E-state index in [1.807, 2.05) is 0 Å². The number of nitrogens with one attached hydrogen (secondary N) is 1. The van der Waals surface area contributed by atoms with Gasteiger partial charge in [0.2, 0.25) is 5.91 Å². The largest absolute Gasteiger partial charge is 0.379 e. The van der Waals surface area contributed by atoms with Crippen LogP contribution < -0.4 is 5.32 Å². The summed E-state index contributed by atoms with van der Waals surface area (Å²) in [6.45, 7) is 4.47. The van der Waals surface area contributed by atoms with E-state index in [1.165, 1.54) is 11.2 Å². The molecule has 0 spiro atoms. The Kier molecular flexibility index (Phi) is 5.73. The third-order valence-electron chi connectivity index (χ3n) is 3.89. The van der Waals surface area contributed by atoms with Crippen LogP contribution in [0, 0.1) is 0 Å². The first kappa shape index (κ1) is 16.1. The number of carbonyl (C=O) groups is 1. The Morgan fingerprint density at radius 1 is 1.43 bits per heavy atom. The molecule has 3 rings (SSSR count). The minimum atomic E-state index is 0.0373. The number of aryl methyl sites for hydroxylation is 1. The van der Waals surface area contributed by atoms with E-state index in [1.54, 1.807) is 22.3 Å². The molecule has 2 aromatic heterocycles. The minimum absolute atomic E-state index is 0.0373. The Bertz CT molecular complexity index is 581. The number of amides is 1. The predicted octanol–water partition coefficient (Wildman–Crippen LogP) is 0.919. The van der Waals surface area contributed by atoms with Crippen LogP contribution in [0.15, 0.2) is 30.2 Å². The highest BCUT2D eigenvalue weighted by Gasteiger charge is 2.23. The molecule has 7 nitrogen and oxygen atoms in total. The zero-order valence-corrected chi connectivity index (χ0v) is 13.7. The number of thiophene rings is 1. The molecule has 1 aliphatic rings. The van der Waals surface area contributed by atoms with Gasteiger partial charge >= 0.3 is 0 Å². The summed E-state index contributed by atoms with van der Waals surface area (Å²) in [6, 6.07) is 4.40. The fraction of sp³-hybridized carbons (Fsp3) is 0.533. The lowest BCUT2D eigenvalue weighted by Crippen LogP contribution is -2.43. The van der Waals surface area contributed by atoms with E-state index in [4.69, 9.17) is 4.74 Å². The van der Waals surface area contributed by atoms with Crippen LogP contribution in [0.1, 0.15) is 17.3 Å². The molecule has 1 amide bonds. The maximum atomic E-state index is 12.1. The average molecular weight is 335 g/mol. The van der Waals surface area contributed by atoms with Gasteiger partial charge in [-0.1, -0.05) is 6.07 Å². The SMILES string of the molecule is O=C(CCn1cncn1)NCC(c1cccs1)N1CCOCC1. The quantitative estimate of drug-likeness (QED) is 0.815. The van der Waals surface area contributed by atoms with Crippen LogP contribution in [-0.4, -0.2) is 58.4 Å². The number of aromatic nitrogens is 3. The molecule has 2 aromatic rings. The highest BCUT2D eigenvalue weighted by atomic mass is 32.1. The summed E-state index contributed by atoms with van der Waals surface area (Å²) in [5, 5.41) is 9.14. The second-order valence-corrected chi connectivity index (χ2v) is 6.37. The standard InChI is InChI=1S/C15H21N5O2S/c21-15(3-4-20-12-16-11-18-20)17-10-13(14-2-1-9-23-14)19-5-7-22-8-6-19/h1-2,9,11-13H,3-8,10H2,(H,17,21). The predicted molar refractivity (Wildman–Crippen MR) is 87.1 cm³/mol. The molecule has 1 fully saturated rings. The summed E-state index contributed by atoms with van der Waals surface area (Å²) in [5.41, 5.74) is 0. The van der Waals surface area contributed by atoms with Crippen molar-refractivity contribution in [1.29, 1.82) is 0 Å². The zero-order chi connectivity index (χ0) is 15.9. The molecule has 3 heterocycles. The topological polar surface area (TPSA) is 72.3 Å². The molecule has 1 N–H and O–H groups in total. The first-order valence-corrected chi connectivity index (χ1v) is 8.65. The zero-order valence-electron chi connectivity index (χ0n) is 12.9. The minimum Gasteiger partial charge on any atom is -0.379 e. The molecular weight excluding hydrogens is 314 g/mol. The van der Waals surface area contributed by atoms with Crippen LogP contribution in [0.3, 0.4) is 0 Å². The van der Waals surface area contributed by atoms with Crippen LogP contribution in [0.5, 0.6) is 0 Å². The van der Waals surface area contributed by atoms with E-state index in [-0.39, 0.29) is 11.9 Å². The highest BCUT2D eigenvalue weighted by Crippen LogP contribution is 2.25. The Morgan fingerprint density at radius 3 is 3.00 bits per heavy atom. The lowest BCUT2D eigenvalue weighted by molar-refractivity contribution is -0.121. The Morgan fingerprint density at radius 2 is 2.30 bits per heavy atom. The van der Waals surface area contributed by atoms with Crippen molar-refractivity contribution in [3.63, 3.8) is 0 Å². The van der Waals surface area contributed by atoms with Gasteiger partial charge in [-0.05, 0) is 11.4 Å². The monoisotopic (exact) mass is 335 g/mol. The number of carbonyl (C=O) groups excluding carboxylic acids is 1.